The van der Waals surface area contributed by atoms with Gasteiger partial charge in [0.15, 0.2) is 0 Å². The second-order valence-corrected chi connectivity index (χ2v) is 4.62. The van der Waals surface area contributed by atoms with Gasteiger partial charge in [-0.05, 0) is 29.8 Å². The Morgan fingerprint density at radius 2 is 1.94 bits per heavy atom. The van der Waals surface area contributed by atoms with Gasteiger partial charge in [-0.2, -0.15) is 0 Å². The molecule has 0 radical (unpaired) electrons. The number of hydrogen-bond donors (Lipinski definition) is 0. The monoisotopic (exact) mass is 244 g/mol. The van der Waals surface area contributed by atoms with E-state index in [1.807, 2.05) is 12.1 Å². The van der Waals surface area contributed by atoms with E-state index < -0.39 is 0 Å². The molecule has 0 bridgehead atoms. The molecule has 1 aromatic carbocycles. The molecule has 1 heterocycles. The van der Waals surface area contributed by atoms with Gasteiger partial charge < -0.3 is 14.5 Å². The molecule has 0 aliphatic carbocycles. The highest BCUT2D eigenvalue weighted by Gasteiger charge is 2.06. The second kappa shape index (κ2) is 5.63. The molecule has 0 unspecified atom stereocenters. The Morgan fingerprint density at radius 1 is 1.22 bits per heavy atom. The molecule has 2 rings (SSSR count). The molecular weight excluding hydrogens is 224 g/mol. The summed E-state index contributed by atoms with van der Waals surface area (Å²) >= 11 is 0. The van der Waals surface area contributed by atoms with Gasteiger partial charge in [0.25, 0.3) is 0 Å². The van der Waals surface area contributed by atoms with Crippen LogP contribution in [0.5, 0.6) is 5.75 Å². The molecule has 1 aliphatic heterocycles. The normalized spacial score (nSPS) is 14.4. The summed E-state index contributed by atoms with van der Waals surface area (Å²) < 4.78 is 5.16. The first kappa shape index (κ1) is 12.6. The van der Waals surface area contributed by atoms with Crippen LogP contribution >= 0.6 is 0 Å². The van der Waals surface area contributed by atoms with Crippen molar-refractivity contribution in [3.8, 4) is 5.75 Å². The third-order valence-corrected chi connectivity index (χ3v) is 3.05. The predicted molar refractivity (Wildman–Crippen MR) is 74.3 cm³/mol. The smallest absolute Gasteiger partial charge is 0.118 e. The summed E-state index contributed by atoms with van der Waals surface area (Å²) in [4.78, 5) is 4.41. The quantitative estimate of drug-likeness (QED) is 0.809. The average molecular weight is 244 g/mol. The van der Waals surface area contributed by atoms with Gasteiger partial charge in [-0.3, -0.25) is 0 Å². The van der Waals surface area contributed by atoms with Gasteiger partial charge >= 0.3 is 0 Å². The van der Waals surface area contributed by atoms with E-state index in [9.17, 15) is 0 Å². The predicted octanol–water partition coefficient (Wildman–Crippen LogP) is 2.47. The Kier molecular flexibility index (Phi) is 3.92. The van der Waals surface area contributed by atoms with Crippen LogP contribution in [-0.2, 0) is 6.54 Å². The first-order valence-corrected chi connectivity index (χ1v) is 6.11. The second-order valence-electron chi connectivity index (χ2n) is 4.62. The number of rotatable bonds is 4. The molecule has 0 aromatic heterocycles. The third-order valence-electron chi connectivity index (χ3n) is 3.05. The van der Waals surface area contributed by atoms with Crippen molar-refractivity contribution < 1.29 is 4.74 Å². The number of methoxy groups -OCH3 is 1. The maximum absolute atomic E-state index is 5.16. The Hall–Kier alpha value is -1.90. The van der Waals surface area contributed by atoms with Crippen LogP contribution in [0.2, 0.25) is 0 Å². The van der Waals surface area contributed by atoms with Crippen molar-refractivity contribution in [3.05, 3.63) is 53.9 Å². The maximum atomic E-state index is 5.16. The summed E-state index contributed by atoms with van der Waals surface area (Å²) in [5, 5.41) is 0. The summed E-state index contributed by atoms with van der Waals surface area (Å²) in [6.07, 6.45) is 6.54. The molecule has 0 atom stereocenters. The summed E-state index contributed by atoms with van der Waals surface area (Å²) in [7, 11) is 5.82. The Morgan fingerprint density at radius 3 is 2.44 bits per heavy atom. The molecule has 1 aromatic rings. The van der Waals surface area contributed by atoms with Crippen molar-refractivity contribution in [1.29, 1.82) is 0 Å². The fraction of sp³-hybridized carbons (Fsp3) is 0.333. The zero-order chi connectivity index (χ0) is 13.0. The number of likely N-dealkylation sites (N-methyl/N-ethyl adjacent to an activating group) is 1. The fourth-order valence-corrected chi connectivity index (χ4v) is 1.94. The zero-order valence-corrected chi connectivity index (χ0v) is 11.3. The topological polar surface area (TPSA) is 15.7 Å². The van der Waals surface area contributed by atoms with E-state index in [4.69, 9.17) is 4.74 Å². The Bertz CT molecular complexity index is 446. The summed E-state index contributed by atoms with van der Waals surface area (Å²) in [5.74, 6) is 0.905. The van der Waals surface area contributed by atoms with Crippen LogP contribution in [0.1, 0.15) is 5.56 Å². The largest absolute Gasteiger partial charge is 0.497 e. The summed E-state index contributed by atoms with van der Waals surface area (Å²) in [6, 6.07) is 8.23. The van der Waals surface area contributed by atoms with Crippen LogP contribution in [0.4, 0.5) is 0 Å². The lowest BCUT2D eigenvalue weighted by Crippen LogP contribution is -2.22. The molecule has 0 fully saturated rings. The van der Waals surface area contributed by atoms with E-state index in [2.05, 4.69) is 54.4 Å². The SMILES string of the molecule is COc1ccc(CN2C=CC(N(C)C)=CC2)cc1. The van der Waals surface area contributed by atoms with Crippen molar-refractivity contribution >= 4 is 0 Å². The standard InChI is InChI=1S/C15H20N2O/c1-16(2)14-8-10-17(11-9-14)12-13-4-6-15(18-3)7-5-13/h4-10H,11-12H2,1-3H3. The van der Waals surface area contributed by atoms with Gasteiger partial charge in [-0.25, -0.2) is 0 Å². The summed E-state index contributed by atoms with van der Waals surface area (Å²) in [5.41, 5.74) is 2.56. The van der Waals surface area contributed by atoms with Gasteiger partial charge in [0.2, 0.25) is 0 Å². The number of ether oxygens (including phenoxy) is 1. The number of allylic oxidation sites excluding steroid dienone is 1. The highest BCUT2D eigenvalue weighted by molar-refractivity contribution is 5.28. The molecule has 3 heteroatoms. The van der Waals surface area contributed by atoms with E-state index in [1.54, 1.807) is 7.11 Å². The Balaban J connectivity index is 1.94. The van der Waals surface area contributed by atoms with E-state index in [0.717, 1.165) is 18.8 Å². The van der Waals surface area contributed by atoms with Crippen LogP contribution in [0.3, 0.4) is 0 Å². The minimum absolute atomic E-state index is 0.905. The van der Waals surface area contributed by atoms with Gasteiger partial charge in [-0.15, -0.1) is 0 Å². The van der Waals surface area contributed by atoms with Crippen molar-refractivity contribution in [2.24, 2.45) is 0 Å². The molecule has 0 saturated carbocycles. The van der Waals surface area contributed by atoms with E-state index in [1.165, 1.54) is 11.3 Å². The molecule has 0 saturated heterocycles. The van der Waals surface area contributed by atoms with Gasteiger partial charge in [0.05, 0.1) is 7.11 Å². The van der Waals surface area contributed by atoms with Crippen molar-refractivity contribution in [3.63, 3.8) is 0 Å². The lowest BCUT2D eigenvalue weighted by molar-refractivity contribution is 0.391. The van der Waals surface area contributed by atoms with E-state index in [0.29, 0.717) is 0 Å². The molecule has 96 valence electrons. The lowest BCUT2D eigenvalue weighted by atomic mass is 10.2. The third kappa shape index (κ3) is 3.06. The highest BCUT2D eigenvalue weighted by atomic mass is 16.5. The maximum Gasteiger partial charge on any atom is 0.118 e. The minimum Gasteiger partial charge on any atom is -0.497 e. The Labute approximate surface area is 109 Å². The number of benzene rings is 1. The molecule has 0 N–H and O–H groups in total. The molecule has 18 heavy (non-hydrogen) atoms. The average Bonchev–Trinajstić information content (AvgIpc) is 2.40. The van der Waals surface area contributed by atoms with Gasteiger partial charge in [-0.1, -0.05) is 12.1 Å². The zero-order valence-electron chi connectivity index (χ0n) is 11.3. The van der Waals surface area contributed by atoms with Crippen LogP contribution in [0.25, 0.3) is 0 Å². The van der Waals surface area contributed by atoms with E-state index >= 15 is 0 Å². The molecule has 0 amide bonds. The van der Waals surface area contributed by atoms with Crippen LogP contribution in [0, 0.1) is 0 Å². The van der Waals surface area contributed by atoms with Crippen LogP contribution in [-0.4, -0.2) is 37.5 Å². The van der Waals surface area contributed by atoms with Gasteiger partial charge in [0.1, 0.15) is 5.75 Å². The first-order chi connectivity index (χ1) is 8.69. The van der Waals surface area contributed by atoms with Crippen molar-refractivity contribution in [2.75, 3.05) is 27.7 Å². The minimum atomic E-state index is 0.905. The fourth-order valence-electron chi connectivity index (χ4n) is 1.94. The number of hydrogen-bond acceptors (Lipinski definition) is 3. The summed E-state index contributed by atoms with van der Waals surface area (Å²) in [6.45, 7) is 1.88. The first-order valence-electron chi connectivity index (χ1n) is 6.11. The number of nitrogens with zero attached hydrogens (tertiary/aromatic N) is 2. The van der Waals surface area contributed by atoms with Crippen molar-refractivity contribution in [1.82, 2.24) is 9.80 Å². The molecule has 1 aliphatic rings. The molecular formula is C15H20N2O. The van der Waals surface area contributed by atoms with Gasteiger partial charge in [0, 0.05) is 39.1 Å². The molecule has 3 nitrogen and oxygen atoms in total. The van der Waals surface area contributed by atoms with Crippen LogP contribution in [0.15, 0.2) is 48.3 Å². The van der Waals surface area contributed by atoms with E-state index in [-0.39, 0.29) is 0 Å². The van der Waals surface area contributed by atoms with Crippen molar-refractivity contribution in [2.45, 2.75) is 6.54 Å². The lowest BCUT2D eigenvalue weighted by Gasteiger charge is -2.25. The highest BCUT2D eigenvalue weighted by Crippen LogP contribution is 2.15. The molecule has 0 spiro atoms. The van der Waals surface area contributed by atoms with Crippen LogP contribution < -0.4 is 4.74 Å².